The number of hydrogen-bond acceptors (Lipinski definition) is 3. The topological polar surface area (TPSA) is 73.1 Å². The quantitative estimate of drug-likeness (QED) is 0.896. The first kappa shape index (κ1) is 13.5. The smallest absolute Gasteiger partial charge is 0.308 e. The van der Waals surface area contributed by atoms with Crippen molar-refractivity contribution in [1.29, 1.82) is 5.26 Å². The Labute approximate surface area is 106 Å². The Morgan fingerprint density at radius 3 is 2.88 bits per heavy atom. The fraction of sp³-hybridized carbons (Fsp3) is 0.273. The second-order valence-electron chi connectivity index (χ2n) is 3.52. The Kier molecular flexibility index (Phi) is 4.46. The maximum atomic E-state index is 13.7. The molecule has 0 bridgehead atoms. The second-order valence-corrected chi connectivity index (χ2v) is 4.31. The third-order valence-electron chi connectivity index (χ3n) is 2.22. The molecule has 0 saturated heterocycles. The Morgan fingerprint density at radius 2 is 2.35 bits per heavy atom. The Balaban J connectivity index is 2.84. The van der Waals surface area contributed by atoms with Gasteiger partial charge in [0.05, 0.1) is 21.6 Å². The Hall–Kier alpha value is -1.61. The van der Waals surface area contributed by atoms with Crippen molar-refractivity contribution < 1.29 is 14.3 Å². The van der Waals surface area contributed by atoms with Crippen LogP contribution in [0.4, 0.5) is 10.1 Å². The molecule has 0 aliphatic rings. The number of benzene rings is 1. The SMILES string of the molecule is CC(CNc1ccc(C#N)c(Br)c1F)C(=O)O. The zero-order chi connectivity index (χ0) is 13.0. The van der Waals surface area contributed by atoms with Crippen molar-refractivity contribution in [2.75, 3.05) is 11.9 Å². The predicted molar refractivity (Wildman–Crippen MR) is 64.1 cm³/mol. The summed E-state index contributed by atoms with van der Waals surface area (Å²) >= 11 is 2.97. The third-order valence-corrected chi connectivity index (χ3v) is 3.00. The minimum Gasteiger partial charge on any atom is -0.481 e. The lowest BCUT2D eigenvalue weighted by Gasteiger charge is -2.11. The number of carboxylic acid groups (broad SMARTS) is 1. The molecule has 0 heterocycles. The van der Waals surface area contributed by atoms with Crippen LogP contribution in [0.3, 0.4) is 0 Å². The van der Waals surface area contributed by atoms with Crippen LogP contribution in [0.1, 0.15) is 12.5 Å². The molecule has 0 spiro atoms. The molecule has 0 aromatic heterocycles. The van der Waals surface area contributed by atoms with Crippen LogP contribution in [0.15, 0.2) is 16.6 Å². The molecule has 4 nitrogen and oxygen atoms in total. The van der Waals surface area contributed by atoms with Crippen LogP contribution in [0.25, 0.3) is 0 Å². The fourth-order valence-corrected chi connectivity index (χ4v) is 1.56. The standard InChI is InChI=1S/C11H10BrFN2O2/c1-6(11(16)17)5-15-8-3-2-7(4-14)9(12)10(8)13/h2-3,6,15H,5H2,1H3,(H,16,17). The van der Waals surface area contributed by atoms with E-state index in [4.69, 9.17) is 10.4 Å². The molecule has 0 saturated carbocycles. The number of rotatable bonds is 4. The number of carbonyl (C=O) groups is 1. The van der Waals surface area contributed by atoms with E-state index in [1.54, 1.807) is 0 Å². The van der Waals surface area contributed by atoms with E-state index in [-0.39, 0.29) is 22.3 Å². The Morgan fingerprint density at radius 1 is 1.71 bits per heavy atom. The van der Waals surface area contributed by atoms with Gasteiger partial charge in [-0.05, 0) is 28.1 Å². The third kappa shape index (κ3) is 3.17. The summed E-state index contributed by atoms with van der Waals surface area (Å²) in [4.78, 5) is 10.6. The first-order chi connectivity index (χ1) is 7.97. The van der Waals surface area contributed by atoms with Crippen LogP contribution < -0.4 is 5.32 Å². The molecular weight excluding hydrogens is 291 g/mol. The van der Waals surface area contributed by atoms with Crippen molar-refractivity contribution in [3.63, 3.8) is 0 Å². The first-order valence-corrected chi connectivity index (χ1v) is 5.61. The van der Waals surface area contributed by atoms with Gasteiger partial charge in [-0.3, -0.25) is 4.79 Å². The lowest BCUT2D eigenvalue weighted by Crippen LogP contribution is -2.20. The monoisotopic (exact) mass is 300 g/mol. The molecule has 1 aromatic rings. The number of nitriles is 1. The summed E-state index contributed by atoms with van der Waals surface area (Å²) in [6.45, 7) is 1.64. The molecular formula is C11H10BrFN2O2. The largest absolute Gasteiger partial charge is 0.481 e. The van der Waals surface area contributed by atoms with Crippen molar-refractivity contribution in [2.45, 2.75) is 6.92 Å². The van der Waals surface area contributed by atoms with Gasteiger partial charge in [-0.25, -0.2) is 4.39 Å². The summed E-state index contributed by atoms with van der Waals surface area (Å²) in [5, 5.41) is 20.1. The van der Waals surface area contributed by atoms with Crippen LogP contribution in [0.2, 0.25) is 0 Å². The molecule has 17 heavy (non-hydrogen) atoms. The van der Waals surface area contributed by atoms with Gasteiger partial charge in [0.15, 0.2) is 5.82 Å². The van der Waals surface area contributed by atoms with E-state index in [0.717, 1.165) is 0 Å². The van der Waals surface area contributed by atoms with Crippen molar-refractivity contribution in [1.82, 2.24) is 0 Å². The van der Waals surface area contributed by atoms with Crippen LogP contribution in [0, 0.1) is 23.1 Å². The van der Waals surface area contributed by atoms with Crippen LogP contribution in [0.5, 0.6) is 0 Å². The molecule has 1 unspecified atom stereocenters. The maximum absolute atomic E-state index is 13.7. The summed E-state index contributed by atoms with van der Waals surface area (Å²) in [7, 11) is 0. The lowest BCUT2D eigenvalue weighted by atomic mass is 10.1. The predicted octanol–water partition coefficient (Wildman–Crippen LogP) is 2.59. The zero-order valence-corrected chi connectivity index (χ0v) is 10.6. The summed E-state index contributed by atoms with van der Waals surface area (Å²) in [5.74, 6) is -2.17. The van der Waals surface area contributed by atoms with Crippen molar-refractivity contribution >= 4 is 27.6 Å². The van der Waals surface area contributed by atoms with Gasteiger partial charge < -0.3 is 10.4 Å². The van der Waals surface area contributed by atoms with Crippen molar-refractivity contribution in [3.05, 3.63) is 28.0 Å². The molecule has 6 heteroatoms. The van der Waals surface area contributed by atoms with Crippen LogP contribution in [-0.4, -0.2) is 17.6 Å². The highest BCUT2D eigenvalue weighted by Crippen LogP contribution is 2.26. The van der Waals surface area contributed by atoms with Gasteiger partial charge in [0.1, 0.15) is 6.07 Å². The fourth-order valence-electron chi connectivity index (χ4n) is 1.12. The number of halogens is 2. The maximum Gasteiger partial charge on any atom is 0.308 e. The van der Waals surface area contributed by atoms with Crippen LogP contribution >= 0.6 is 15.9 Å². The molecule has 0 aliphatic carbocycles. The van der Waals surface area contributed by atoms with Crippen molar-refractivity contribution in [3.8, 4) is 6.07 Å². The molecule has 1 aromatic carbocycles. The van der Waals surface area contributed by atoms with E-state index in [1.165, 1.54) is 19.1 Å². The van der Waals surface area contributed by atoms with E-state index >= 15 is 0 Å². The lowest BCUT2D eigenvalue weighted by molar-refractivity contribution is -0.140. The molecule has 0 aliphatic heterocycles. The summed E-state index contributed by atoms with van der Waals surface area (Å²) < 4.78 is 13.8. The van der Waals surface area contributed by atoms with Gasteiger partial charge in [0, 0.05) is 6.54 Å². The van der Waals surface area contributed by atoms with E-state index in [1.807, 2.05) is 6.07 Å². The number of hydrogen-bond donors (Lipinski definition) is 2. The van der Waals surface area contributed by atoms with Gasteiger partial charge in [0.2, 0.25) is 0 Å². The number of aliphatic carboxylic acids is 1. The summed E-state index contributed by atoms with van der Waals surface area (Å²) in [6.07, 6.45) is 0. The van der Waals surface area contributed by atoms with Gasteiger partial charge in [-0.1, -0.05) is 6.92 Å². The Bertz CT molecular complexity index is 485. The highest BCUT2D eigenvalue weighted by Gasteiger charge is 2.14. The summed E-state index contributed by atoms with van der Waals surface area (Å²) in [6, 6.07) is 4.71. The van der Waals surface area contributed by atoms with E-state index in [9.17, 15) is 9.18 Å². The number of nitrogens with zero attached hydrogens (tertiary/aromatic N) is 1. The average Bonchev–Trinajstić information content (AvgIpc) is 2.30. The first-order valence-electron chi connectivity index (χ1n) is 4.82. The highest BCUT2D eigenvalue weighted by molar-refractivity contribution is 9.10. The van der Waals surface area contributed by atoms with Gasteiger partial charge >= 0.3 is 5.97 Å². The molecule has 90 valence electrons. The molecule has 0 fully saturated rings. The average molecular weight is 301 g/mol. The van der Waals surface area contributed by atoms with Gasteiger partial charge in [-0.2, -0.15) is 5.26 Å². The summed E-state index contributed by atoms with van der Waals surface area (Å²) in [5.41, 5.74) is 0.364. The molecule has 0 radical (unpaired) electrons. The highest BCUT2D eigenvalue weighted by atomic mass is 79.9. The van der Waals surface area contributed by atoms with Crippen molar-refractivity contribution in [2.24, 2.45) is 5.92 Å². The minimum absolute atomic E-state index is 0.0768. The molecule has 1 atom stereocenters. The minimum atomic E-state index is -0.953. The van der Waals surface area contributed by atoms with E-state index in [0.29, 0.717) is 0 Å². The van der Waals surface area contributed by atoms with Gasteiger partial charge in [-0.15, -0.1) is 0 Å². The van der Waals surface area contributed by atoms with Gasteiger partial charge in [0.25, 0.3) is 0 Å². The number of nitrogens with one attached hydrogen (secondary N) is 1. The molecule has 0 amide bonds. The number of carboxylic acids is 1. The van der Waals surface area contributed by atoms with E-state index < -0.39 is 17.7 Å². The molecule has 1 rings (SSSR count). The molecule has 2 N–H and O–H groups in total. The second kappa shape index (κ2) is 5.64. The number of anilines is 1. The van der Waals surface area contributed by atoms with Crippen LogP contribution in [-0.2, 0) is 4.79 Å². The van der Waals surface area contributed by atoms with E-state index in [2.05, 4.69) is 21.2 Å². The normalized spacial score (nSPS) is 11.6. The zero-order valence-electron chi connectivity index (χ0n) is 9.00.